The Labute approximate surface area is 96.0 Å². The highest BCUT2D eigenvalue weighted by atomic mass is 16.5. The first-order chi connectivity index (χ1) is 7.76. The van der Waals surface area contributed by atoms with E-state index >= 15 is 0 Å². The molecule has 1 amide bonds. The van der Waals surface area contributed by atoms with Crippen LogP contribution in [0.15, 0.2) is 24.3 Å². The van der Waals surface area contributed by atoms with Gasteiger partial charge in [-0.25, -0.2) is 0 Å². The highest BCUT2D eigenvalue weighted by Gasteiger charge is 1.98. The molecule has 0 saturated heterocycles. The van der Waals surface area contributed by atoms with Gasteiger partial charge in [-0.2, -0.15) is 0 Å². The first-order valence-electron chi connectivity index (χ1n) is 5.28. The van der Waals surface area contributed by atoms with Crippen LogP contribution in [0.5, 0.6) is 0 Å². The molecular weight excluding hydrogens is 204 g/mol. The van der Waals surface area contributed by atoms with E-state index in [2.05, 4.69) is 10.6 Å². The summed E-state index contributed by atoms with van der Waals surface area (Å²) in [5.74, 6) is 0.0422. The summed E-state index contributed by atoms with van der Waals surface area (Å²) in [5, 5.41) is 5.78. The van der Waals surface area contributed by atoms with Crippen LogP contribution in [0.2, 0.25) is 0 Å². The molecule has 1 aromatic carbocycles. The van der Waals surface area contributed by atoms with E-state index in [1.54, 1.807) is 14.2 Å². The first-order valence-corrected chi connectivity index (χ1v) is 5.28. The predicted molar refractivity (Wildman–Crippen MR) is 64.3 cm³/mol. The zero-order valence-corrected chi connectivity index (χ0v) is 9.75. The Morgan fingerprint density at radius 1 is 1.44 bits per heavy atom. The molecule has 0 fully saturated rings. The van der Waals surface area contributed by atoms with Crippen LogP contribution in [-0.4, -0.2) is 26.6 Å². The maximum absolute atomic E-state index is 11.0. The van der Waals surface area contributed by atoms with E-state index in [0.29, 0.717) is 19.6 Å². The van der Waals surface area contributed by atoms with Crippen LogP contribution in [-0.2, 0) is 16.1 Å². The normalized spacial score (nSPS) is 9.88. The summed E-state index contributed by atoms with van der Waals surface area (Å²) in [6.07, 6.45) is 0.477. The number of anilines is 1. The fraction of sp³-hybridized carbons (Fsp3) is 0.417. The summed E-state index contributed by atoms with van der Waals surface area (Å²) in [7, 11) is 3.31. The molecule has 0 atom stereocenters. The van der Waals surface area contributed by atoms with Crippen molar-refractivity contribution in [1.29, 1.82) is 0 Å². The quantitative estimate of drug-likeness (QED) is 0.764. The van der Waals surface area contributed by atoms with Crippen LogP contribution in [0.3, 0.4) is 0 Å². The average molecular weight is 222 g/mol. The smallest absolute Gasteiger partial charge is 0.221 e. The lowest BCUT2D eigenvalue weighted by molar-refractivity contribution is -0.120. The minimum atomic E-state index is 0.0422. The Morgan fingerprint density at radius 2 is 2.25 bits per heavy atom. The van der Waals surface area contributed by atoms with E-state index in [-0.39, 0.29) is 5.91 Å². The van der Waals surface area contributed by atoms with Gasteiger partial charge in [-0.1, -0.05) is 12.1 Å². The van der Waals surface area contributed by atoms with Crippen LogP contribution >= 0.6 is 0 Å². The average Bonchev–Trinajstić information content (AvgIpc) is 2.30. The summed E-state index contributed by atoms with van der Waals surface area (Å²) in [5.41, 5.74) is 2.13. The van der Waals surface area contributed by atoms with Gasteiger partial charge in [-0.05, 0) is 17.7 Å². The van der Waals surface area contributed by atoms with Crippen LogP contribution in [0.25, 0.3) is 0 Å². The van der Waals surface area contributed by atoms with Gasteiger partial charge < -0.3 is 15.4 Å². The number of carbonyl (C=O) groups is 1. The van der Waals surface area contributed by atoms with Gasteiger partial charge in [0.2, 0.25) is 5.91 Å². The molecule has 0 aliphatic heterocycles. The molecule has 0 aliphatic rings. The van der Waals surface area contributed by atoms with Crippen LogP contribution in [0, 0.1) is 0 Å². The number of ether oxygens (including phenoxy) is 1. The third kappa shape index (κ3) is 4.31. The zero-order chi connectivity index (χ0) is 11.8. The summed E-state index contributed by atoms with van der Waals surface area (Å²) in [6, 6.07) is 7.97. The summed E-state index contributed by atoms with van der Waals surface area (Å²) in [4.78, 5) is 11.0. The third-order valence-corrected chi connectivity index (χ3v) is 2.20. The maximum atomic E-state index is 11.0. The van der Waals surface area contributed by atoms with Gasteiger partial charge in [0.1, 0.15) is 0 Å². The number of methoxy groups -OCH3 is 1. The van der Waals surface area contributed by atoms with Gasteiger partial charge in [0, 0.05) is 32.8 Å². The maximum Gasteiger partial charge on any atom is 0.221 e. The molecule has 88 valence electrons. The second-order valence-electron chi connectivity index (χ2n) is 3.48. The molecule has 0 spiro atoms. The highest BCUT2D eigenvalue weighted by molar-refractivity contribution is 5.76. The molecule has 2 N–H and O–H groups in total. The van der Waals surface area contributed by atoms with Crippen molar-refractivity contribution in [3.05, 3.63) is 29.8 Å². The van der Waals surface area contributed by atoms with Crippen molar-refractivity contribution in [2.45, 2.75) is 13.0 Å². The molecule has 16 heavy (non-hydrogen) atoms. The lowest BCUT2D eigenvalue weighted by Crippen LogP contribution is -2.20. The Hall–Kier alpha value is -1.55. The second-order valence-corrected chi connectivity index (χ2v) is 3.48. The van der Waals surface area contributed by atoms with Gasteiger partial charge in [0.25, 0.3) is 0 Å². The van der Waals surface area contributed by atoms with E-state index in [9.17, 15) is 4.79 Å². The standard InChI is InChI=1S/C12H18N2O2/c1-13-12(15)6-7-14-11-5-3-4-10(8-11)9-16-2/h3-5,8,14H,6-7,9H2,1-2H3,(H,13,15). The minimum absolute atomic E-state index is 0.0422. The van der Waals surface area contributed by atoms with Gasteiger partial charge >= 0.3 is 0 Å². The third-order valence-electron chi connectivity index (χ3n) is 2.20. The summed E-state index contributed by atoms with van der Waals surface area (Å²) >= 11 is 0. The number of hydrogen-bond donors (Lipinski definition) is 2. The van der Waals surface area contributed by atoms with Crippen molar-refractivity contribution in [2.75, 3.05) is 26.0 Å². The second kappa shape index (κ2) is 6.85. The molecule has 0 bridgehead atoms. The Balaban J connectivity index is 2.41. The lowest BCUT2D eigenvalue weighted by Gasteiger charge is -2.07. The summed E-state index contributed by atoms with van der Waals surface area (Å²) < 4.78 is 5.05. The lowest BCUT2D eigenvalue weighted by atomic mass is 10.2. The monoisotopic (exact) mass is 222 g/mol. The van der Waals surface area contributed by atoms with Crippen LogP contribution < -0.4 is 10.6 Å². The van der Waals surface area contributed by atoms with Gasteiger partial charge in [-0.3, -0.25) is 4.79 Å². The van der Waals surface area contributed by atoms with Crippen molar-refractivity contribution < 1.29 is 9.53 Å². The van der Waals surface area contributed by atoms with Crippen molar-refractivity contribution in [3.8, 4) is 0 Å². The Morgan fingerprint density at radius 3 is 2.94 bits per heavy atom. The Kier molecular flexibility index (Phi) is 5.36. The fourth-order valence-corrected chi connectivity index (χ4v) is 1.38. The molecule has 0 aliphatic carbocycles. The highest BCUT2D eigenvalue weighted by Crippen LogP contribution is 2.11. The number of amides is 1. The van der Waals surface area contributed by atoms with E-state index in [1.165, 1.54) is 0 Å². The number of hydrogen-bond acceptors (Lipinski definition) is 3. The zero-order valence-electron chi connectivity index (χ0n) is 9.75. The number of benzene rings is 1. The van der Waals surface area contributed by atoms with Crippen molar-refractivity contribution in [2.24, 2.45) is 0 Å². The van der Waals surface area contributed by atoms with E-state index in [1.807, 2.05) is 24.3 Å². The molecule has 0 aromatic heterocycles. The van der Waals surface area contributed by atoms with Crippen LogP contribution in [0.4, 0.5) is 5.69 Å². The molecule has 4 nitrogen and oxygen atoms in total. The van der Waals surface area contributed by atoms with Crippen LogP contribution in [0.1, 0.15) is 12.0 Å². The number of carbonyl (C=O) groups excluding carboxylic acids is 1. The molecule has 0 radical (unpaired) electrons. The van der Waals surface area contributed by atoms with E-state index in [4.69, 9.17) is 4.74 Å². The number of nitrogens with one attached hydrogen (secondary N) is 2. The fourth-order valence-electron chi connectivity index (χ4n) is 1.38. The van der Waals surface area contributed by atoms with Crippen molar-refractivity contribution in [1.82, 2.24) is 5.32 Å². The number of rotatable bonds is 6. The van der Waals surface area contributed by atoms with Crippen molar-refractivity contribution in [3.63, 3.8) is 0 Å². The SMILES string of the molecule is CNC(=O)CCNc1cccc(COC)c1. The van der Waals surface area contributed by atoms with Gasteiger partial charge in [-0.15, -0.1) is 0 Å². The van der Waals surface area contributed by atoms with Gasteiger partial charge in [0.15, 0.2) is 0 Å². The largest absolute Gasteiger partial charge is 0.385 e. The molecule has 4 heteroatoms. The molecule has 1 rings (SSSR count). The molecule has 1 aromatic rings. The Bertz CT molecular complexity index is 340. The molecule has 0 heterocycles. The van der Waals surface area contributed by atoms with Gasteiger partial charge in [0.05, 0.1) is 6.61 Å². The van der Waals surface area contributed by atoms with E-state index < -0.39 is 0 Å². The molecule has 0 saturated carbocycles. The minimum Gasteiger partial charge on any atom is -0.385 e. The molecule has 0 unspecified atom stereocenters. The first kappa shape index (κ1) is 12.5. The molecular formula is C12H18N2O2. The summed E-state index contributed by atoms with van der Waals surface area (Å²) in [6.45, 7) is 1.24. The topological polar surface area (TPSA) is 50.4 Å². The van der Waals surface area contributed by atoms with E-state index in [0.717, 1.165) is 11.3 Å². The predicted octanol–water partition coefficient (Wildman–Crippen LogP) is 1.38. The van der Waals surface area contributed by atoms with Crippen molar-refractivity contribution >= 4 is 11.6 Å².